The molecule has 74 valence electrons. The molecule has 2 aliphatic rings. The fraction of sp³-hybridized carbons (Fsp3) is 0.583. The van der Waals surface area contributed by atoms with E-state index in [-0.39, 0.29) is 0 Å². The molecule has 3 rings (SSSR count). The van der Waals surface area contributed by atoms with Crippen molar-refractivity contribution in [3.8, 4) is 0 Å². The quantitative estimate of drug-likeness (QED) is 0.713. The fourth-order valence-corrected chi connectivity index (χ4v) is 3.25. The van der Waals surface area contributed by atoms with Gasteiger partial charge in [-0.25, -0.2) is 0 Å². The minimum Gasteiger partial charge on any atom is -0.359 e. The van der Waals surface area contributed by atoms with Gasteiger partial charge in [0.2, 0.25) is 0 Å². The van der Waals surface area contributed by atoms with Crippen molar-refractivity contribution in [1.29, 1.82) is 0 Å². The number of fused-ring (bicyclic) bond motifs is 2. The van der Waals surface area contributed by atoms with Crippen LogP contribution in [0.4, 0.5) is 0 Å². The van der Waals surface area contributed by atoms with E-state index in [4.69, 9.17) is 0 Å². The van der Waals surface area contributed by atoms with E-state index >= 15 is 0 Å². The van der Waals surface area contributed by atoms with Crippen LogP contribution in [-0.4, -0.2) is 10.8 Å². The van der Waals surface area contributed by atoms with Crippen LogP contribution >= 0.6 is 0 Å². The van der Waals surface area contributed by atoms with E-state index in [0.717, 1.165) is 18.0 Å². The maximum atomic E-state index is 12.1. The van der Waals surface area contributed by atoms with Gasteiger partial charge in [0.15, 0.2) is 5.78 Å². The average molecular weight is 189 g/mol. The monoisotopic (exact) mass is 189 g/mol. The molecular weight excluding hydrogens is 174 g/mol. The fourth-order valence-electron chi connectivity index (χ4n) is 3.25. The van der Waals surface area contributed by atoms with Gasteiger partial charge in [-0.2, -0.15) is 0 Å². The maximum absolute atomic E-state index is 12.1. The Hall–Kier alpha value is -1.05. The zero-order valence-corrected chi connectivity index (χ0v) is 8.20. The molecule has 1 aromatic rings. The molecule has 2 heteroatoms. The lowest BCUT2D eigenvalue weighted by Crippen LogP contribution is -2.21. The highest BCUT2D eigenvalue weighted by Crippen LogP contribution is 2.49. The number of rotatable bonds is 2. The highest BCUT2D eigenvalue weighted by atomic mass is 16.1. The molecule has 14 heavy (non-hydrogen) atoms. The van der Waals surface area contributed by atoms with Crippen LogP contribution in [0.2, 0.25) is 0 Å². The maximum Gasteiger partial charge on any atom is 0.182 e. The summed E-state index contributed by atoms with van der Waals surface area (Å²) in [4.78, 5) is 15.1. The molecule has 0 spiro atoms. The van der Waals surface area contributed by atoms with Crippen LogP contribution in [0, 0.1) is 17.8 Å². The first kappa shape index (κ1) is 8.27. The van der Waals surface area contributed by atoms with E-state index in [9.17, 15) is 4.79 Å². The van der Waals surface area contributed by atoms with Crippen LogP contribution in [0.5, 0.6) is 0 Å². The van der Waals surface area contributed by atoms with Crippen LogP contribution in [0.15, 0.2) is 18.3 Å². The van der Waals surface area contributed by atoms with Gasteiger partial charge in [0.25, 0.3) is 0 Å². The Labute approximate surface area is 83.7 Å². The highest BCUT2D eigenvalue weighted by molar-refractivity contribution is 5.96. The molecule has 0 saturated heterocycles. The lowest BCUT2D eigenvalue weighted by atomic mass is 9.85. The Balaban J connectivity index is 1.81. The predicted molar refractivity (Wildman–Crippen MR) is 54.1 cm³/mol. The predicted octanol–water partition coefficient (Wildman–Crippen LogP) is 2.63. The summed E-state index contributed by atoms with van der Waals surface area (Å²) in [5, 5.41) is 0. The van der Waals surface area contributed by atoms with E-state index < -0.39 is 0 Å². The molecule has 1 N–H and O–H groups in total. The van der Waals surface area contributed by atoms with Gasteiger partial charge < -0.3 is 4.98 Å². The average Bonchev–Trinajstić information content (AvgIpc) is 2.93. The first-order chi connectivity index (χ1) is 6.84. The van der Waals surface area contributed by atoms with Gasteiger partial charge in [-0.1, -0.05) is 6.42 Å². The van der Waals surface area contributed by atoms with E-state index in [2.05, 4.69) is 4.98 Å². The molecule has 0 aliphatic heterocycles. The Kier molecular flexibility index (Phi) is 1.76. The van der Waals surface area contributed by atoms with Crippen molar-refractivity contribution < 1.29 is 4.79 Å². The molecular formula is C12H15NO. The van der Waals surface area contributed by atoms with E-state index in [1.165, 1.54) is 19.3 Å². The zero-order chi connectivity index (χ0) is 9.54. The number of nitrogens with one attached hydrogen (secondary N) is 1. The summed E-state index contributed by atoms with van der Waals surface area (Å²) in [6, 6.07) is 3.80. The number of carbonyl (C=O) groups excluding carboxylic acids is 1. The van der Waals surface area contributed by atoms with Crippen LogP contribution in [0.3, 0.4) is 0 Å². The zero-order valence-electron chi connectivity index (χ0n) is 8.20. The van der Waals surface area contributed by atoms with Gasteiger partial charge in [-0.3, -0.25) is 4.79 Å². The van der Waals surface area contributed by atoms with Gasteiger partial charge in [0, 0.05) is 12.1 Å². The lowest BCUT2D eigenvalue weighted by Gasteiger charge is -2.19. The number of hydrogen-bond acceptors (Lipinski definition) is 1. The molecule has 2 bridgehead atoms. The van der Waals surface area contributed by atoms with E-state index in [1.54, 1.807) is 0 Å². The third-order valence-corrected chi connectivity index (χ3v) is 3.94. The van der Waals surface area contributed by atoms with Crippen LogP contribution < -0.4 is 0 Å². The first-order valence-electron chi connectivity index (χ1n) is 5.52. The summed E-state index contributed by atoms with van der Waals surface area (Å²) >= 11 is 0. The minimum atomic E-state index is 0.326. The second kappa shape index (κ2) is 2.97. The summed E-state index contributed by atoms with van der Waals surface area (Å²) in [6.07, 6.45) is 6.92. The third kappa shape index (κ3) is 1.13. The summed E-state index contributed by atoms with van der Waals surface area (Å²) in [5.41, 5.74) is 0.808. The van der Waals surface area contributed by atoms with Gasteiger partial charge in [0.1, 0.15) is 0 Å². The smallest absolute Gasteiger partial charge is 0.182 e. The Morgan fingerprint density at radius 3 is 2.86 bits per heavy atom. The molecule has 2 fully saturated rings. The number of ketones is 1. The standard InChI is InChI=1S/C12H15NO/c14-12(11-2-1-5-13-11)10-7-8-3-4-9(10)6-8/h1-2,5,8-10,13H,3-4,6-7H2. The van der Waals surface area contributed by atoms with Crippen molar-refractivity contribution >= 4 is 5.78 Å². The van der Waals surface area contributed by atoms with Crippen molar-refractivity contribution in [1.82, 2.24) is 4.98 Å². The van der Waals surface area contributed by atoms with Gasteiger partial charge in [-0.05, 0) is 43.2 Å². The normalized spacial score (nSPS) is 35.0. The molecule has 0 amide bonds. The molecule has 3 unspecified atom stereocenters. The topological polar surface area (TPSA) is 32.9 Å². The molecule has 1 aromatic heterocycles. The number of H-pyrrole nitrogens is 1. The Morgan fingerprint density at radius 1 is 1.36 bits per heavy atom. The summed E-state index contributed by atoms with van der Waals surface area (Å²) < 4.78 is 0. The largest absolute Gasteiger partial charge is 0.359 e. The molecule has 2 aliphatic carbocycles. The van der Waals surface area contributed by atoms with Crippen molar-refractivity contribution in [2.45, 2.75) is 25.7 Å². The third-order valence-electron chi connectivity index (χ3n) is 3.94. The number of Topliss-reactive ketones (excluding diaryl/α,β-unsaturated/α-hetero) is 1. The van der Waals surface area contributed by atoms with Crippen LogP contribution in [0.25, 0.3) is 0 Å². The highest BCUT2D eigenvalue weighted by Gasteiger charge is 2.43. The van der Waals surface area contributed by atoms with Gasteiger partial charge >= 0.3 is 0 Å². The molecule has 0 aromatic carbocycles. The number of aromatic amines is 1. The molecule has 1 heterocycles. The van der Waals surface area contributed by atoms with Crippen molar-refractivity contribution in [3.63, 3.8) is 0 Å². The van der Waals surface area contributed by atoms with Crippen molar-refractivity contribution in [2.24, 2.45) is 17.8 Å². The SMILES string of the molecule is O=C(c1ccc[nH]1)C1CC2CCC1C2. The molecule has 2 nitrogen and oxygen atoms in total. The second-order valence-electron chi connectivity index (χ2n) is 4.73. The lowest BCUT2D eigenvalue weighted by molar-refractivity contribution is 0.0870. The number of aromatic nitrogens is 1. The first-order valence-corrected chi connectivity index (χ1v) is 5.52. The van der Waals surface area contributed by atoms with Crippen LogP contribution in [0.1, 0.15) is 36.2 Å². The van der Waals surface area contributed by atoms with Crippen LogP contribution in [-0.2, 0) is 0 Å². The van der Waals surface area contributed by atoms with E-state index in [0.29, 0.717) is 17.6 Å². The summed E-state index contributed by atoms with van der Waals surface area (Å²) in [7, 11) is 0. The number of hydrogen-bond donors (Lipinski definition) is 1. The Morgan fingerprint density at radius 2 is 2.29 bits per heavy atom. The minimum absolute atomic E-state index is 0.326. The summed E-state index contributed by atoms with van der Waals surface area (Å²) in [6.45, 7) is 0. The van der Waals surface area contributed by atoms with Gasteiger partial charge in [0.05, 0.1) is 5.69 Å². The van der Waals surface area contributed by atoms with Crippen molar-refractivity contribution in [3.05, 3.63) is 24.0 Å². The van der Waals surface area contributed by atoms with Gasteiger partial charge in [-0.15, -0.1) is 0 Å². The Bertz CT molecular complexity index is 341. The number of carbonyl (C=O) groups is 1. The second-order valence-corrected chi connectivity index (χ2v) is 4.73. The molecule has 2 saturated carbocycles. The molecule has 0 radical (unpaired) electrons. The molecule has 3 atom stereocenters. The van der Waals surface area contributed by atoms with Crippen molar-refractivity contribution in [2.75, 3.05) is 0 Å². The van der Waals surface area contributed by atoms with E-state index in [1.807, 2.05) is 18.3 Å². The summed E-state index contributed by atoms with van der Waals surface area (Å²) in [5.74, 6) is 2.22.